The van der Waals surface area contributed by atoms with E-state index < -0.39 is 12.0 Å². The van der Waals surface area contributed by atoms with E-state index in [9.17, 15) is 9.59 Å². The van der Waals surface area contributed by atoms with E-state index in [1.54, 1.807) is 30.3 Å². The number of rotatable bonds is 7. The van der Waals surface area contributed by atoms with E-state index in [-0.39, 0.29) is 18.9 Å². The van der Waals surface area contributed by atoms with Crippen molar-refractivity contribution < 1.29 is 19.4 Å². The quantitative estimate of drug-likeness (QED) is 0.812. The molecule has 2 aromatic rings. The van der Waals surface area contributed by atoms with Gasteiger partial charge in [-0.3, -0.25) is 9.59 Å². The molecule has 1 aromatic carbocycles. The standard InChI is InChI=1S/C15H14ClNO4S/c16-10-3-5-11(6-4-10)21-9-14(18)17-12(8-15(19)20)13-2-1-7-22-13/h1-7,12H,8-9H2,(H,17,18)(H,19,20). The molecule has 5 nitrogen and oxygen atoms in total. The molecule has 0 spiro atoms. The molecule has 0 fully saturated rings. The van der Waals surface area contributed by atoms with Crippen molar-refractivity contribution in [3.05, 3.63) is 51.7 Å². The van der Waals surface area contributed by atoms with Crippen LogP contribution in [-0.4, -0.2) is 23.6 Å². The summed E-state index contributed by atoms with van der Waals surface area (Å²) in [5, 5.41) is 14.0. The van der Waals surface area contributed by atoms with E-state index in [4.69, 9.17) is 21.4 Å². The number of carbonyl (C=O) groups excluding carboxylic acids is 1. The SMILES string of the molecule is O=C(O)CC(NC(=O)COc1ccc(Cl)cc1)c1cccs1. The first-order chi connectivity index (χ1) is 10.5. The summed E-state index contributed by atoms with van der Waals surface area (Å²) in [5.74, 6) is -0.836. The highest BCUT2D eigenvalue weighted by Crippen LogP contribution is 2.22. The summed E-state index contributed by atoms with van der Waals surface area (Å²) in [6, 6.07) is 9.68. The second-order valence-corrected chi connectivity index (χ2v) is 5.89. The van der Waals surface area contributed by atoms with Crippen LogP contribution in [0, 0.1) is 0 Å². The molecule has 0 saturated carbocycles. The minimum Gasteiger partial charge on any atom is -0.484 e. The Hall–Kier alpha value is -2.05. The molecular weight excluding hydrogens is 326 g/mol. The summed E-state index contributed by atoms with van der Waals surface area (Å²) >= 11 is 7.16. The maximum Gasteiger partial charge on any atom is 0.305 e. The second kappa shape index (κ2) is 7.82. The lowest BCUT2D eigenvalue weighted by Crippen LogP contribution is -2.33. The first-order valence-electron chi connectivity index (χ1n) is 6.47. The van der Waals surface area contributed by atoms with Gasteiger partial charge in [0.05, 0.1) is 12.5 Å². The Morgan fingerprint density at radius 2 is 2.00 bits per heavy atom. The summed E-state index contributed by atoms with van der Waals surface area (Å²) < 4.78 is 5.33. The minimum absolute atomic E-state index is 0.173. The fourth-order valence-corrected chi connectivity index (χ4v) is 2.71. The molecule has 1 unspecified atom stereocenters. The normalized spacial score (nSPS) is 11.7. The van der Waals surface area contributed by atoms with Crippen molar-refractivity contribution in [3.63, 3.8) is 0 Å². The summed E-state index contributed by atoms with van der Waals surface area (Å²) in [5.41, 5.74) is 0. The van der Waals surface area contributed by atoms with Crippen LogP contribution >= 0.6 is 22.9 Å². The number of thiophene rings is 1. The molecule has 0 aliphatic rings. The van der Waals surface area contributed by atoms with Crippen molar-refractivity contribution in [2.24, 2.45) is 0 Å². The molecule has 0 radical (unpaired) electrons. The Kier molecular flexibility index (Phi) is 5.80. The number of hydrogen-bond donors (Lipinski definition) is 2. The minimum atomic E-state index is -0.975. The van der Waals surface area contributed by atoms with Gasteiger partial charge in [-0.05, 0) is 35.7 Å². The van der Waals surface area contributed by atoms with Crippen molar-refractivity contribution in [1.29, 1.82) is 0 Å². The predicted octanol–water partition coefficient (Wildman–Crippen LogP) is 3.11. The first-order valence-corrected chi connectivity index (χ1v) is 7.73. The number of carboxylic acids is 1. The fourth-order valence-electron chi connectivity index (χ4n) is 1.80. The second-order valence-electron chi connectivity index (χ2n) is 4.48. The van der Waals surface area contributed by atoms with Gasteiger partial charge in [0, 0.05) is 9.90 Å². The average molecular weight is 340 g/mol. The van der Waals surface area contributed by atoms with E-state index in [2.05, 4.69) is 5.32 Å². The number of nitrogens with one attached hydrogen (secondary N) is 1. The van der Waals surface area contributed by atoms with Crippen LogP contribution in [-0.2, 0) is 9.59 Å². The van der Waals surface area contributed by atoms with Crippen LogP contribution in [0.25, 0.3) is 0 Å². The highest BCUT2D eigenvalue weighted by molar-refractivity contribution is 7.10. The number of carbonyl (C=O) groups is 2. The van der Waals surface area contributed by atoms with Crippen LogP contribution < -0.4 is 10.1 Å². The molecule has 1 amide bonds. The van der Waals surface area contributed by atoms with Gasteiger partial charge in [-0.15, -0.1) is 11.3 Å². The third-order valence-corrected chi connectivity index (χ3v) is 4.02. The van der Waals surface area contributed by atoms with Gasteiger partial charge < -0.3 is 15.2 Å². The molecule has 1 aromatic heterocycles. The summed E-state index contributed by atoms with van der Waals surface area (Å²) in [7, 11) is 0. The van der Waals surface area contributed by atoms with E-state index in [0.717, 1.165) is 4.88 Å². The number of halogens is 1. The van der Waals surface area contributed by atoms with Crippen molar-refractivity contribution in [1.82, 2.24) is 5.32 Å². The summed E-state index contributed by atoms with van der Waals surface area (Å²) in [4.78, 5) is 23.6. The highest BCUT2D eigenvalue weighted by Gasteiger charge is 2.19. The maximum absolute atomic E-state index is 11.9. The van der Waals surface area contributed by atoms with Gasteiger partial charge >= 0.3 is 5.97 Å². The first kappa shape index (κ1) is 16.3. The molecule has 2 N–H and O–H groups in total. The molecule has 116 valence electrons. The average Bonchev–Trinajstić information content (AvgIpc) is 3.00. The summed E-state index contributed by atoms with van der Waals surface area (Å²) in [6.07, 6.45) is -0.173. The van der Waals surface area contributed by atoms with Crippen molar-refractivity contribution in [3.8, 4) is 5.75 Å². The molecule has 22 heavy (non-hydrogen) atoms. The van der Waals surface area contributed by atoms with Gasteiger partial charge in [-0.2, -0.15) is 0 Å². The van der Waals surface area contributed by atoms with Crippen molar-refractivity contribution in [2.45, 2.75) is 12.5 Å². The number of ether oxygens (including phenoxy) is 1. The largest absolute Gasteiger partial charge is 0.484 e. The lowest BCUT2D eigenvalue weighted by atomic mass is 10.1. The van der Waals surface area contributed by atoms with Crippen LogP contribution in [0.1, 0.15) is 17.3 Å². The van der Waals surface area contributed by atoms with Crippen LogP contribution in [0.5, 0.6) is 5.75 Å². The topological polar surface area (TPSA) is 75.6 Å². The van der Waals surface area contributed by atoms with Crippen LogP contribution in [0.4, 0.5) is 0 Å². The number of hydrogen-bond acceptors (Lipinski definition) is 4. The van der Waals surface area contributed by atoms with Gasteiger partial charge in [0.2, 0.25) is 0 Å². The van der Waals surface area contributed by atoms with Gasteiger partial charge in [0.15, 0.2) is 6.61 Å². The van der Waals surface area contributed by atoms with Crippen LogP contribution in [0.15, 0.2) is 41.8 Å². The molecule has 7 heteroatoms. The number of aliphatic carboxylic acids is 1. The Morgan fingerprint density at radius 1 is 1.27 bits per heavy atom. The van der Waals surface area contributed by atoms with Crippen LogP contribution in [0.3, 0.4) is 0 Å². The third-order valence-electron chi connectivity index (χ3n) is 2.78. The third kappa shape index (κ3) is 5.05. The smallest absolute Gasteiger partial charge is 0.305 e. The molecule has 0 bridgehead atoms. The molecule has 0 aliphatic heterocycles. The Bertz CT molecular complexity index is 628. The summed E-state index contributed by atoms with van der Waals surface area (Å²) in [6.45, 7) is -0.191. The van der Waals surface area contributed by atoms with Gasteiger partial charge in [0.25, 0.3) is 5.91 Å². The molecule has 1 atom stereocenters. The number of carboxylic acid groups (broad SMARTS) is 1. The van der Waals surface area contributed by atoms with E-state index >= 15 is 0 Å². The molecule has 2 rings (SSSR count). The molecule has 0 aliphatic carbocycles. The maximum atomic E-state index is 11.9. The monoisotopic (exact) mass is 339 g/mol. The lowest BCUT2D eigenvalue weighted by molar-refractivity contribution is -0.137. The van der Waals surface area contributed by atoms with Gasteiger partial charge in [-0.1, -0.05) is 17.7 Å². The van der Waals surface area contributed by atoms with E-state index in [1.165, 1.54) is 11.3 Å². The van der Waals surface area contributed by atoms with Crippen LogP contribution in [0.2, 0.25) is 5.02 Å². The Morgan fingerprint density at radius 3 is 2.59 bits per heavy atom. The zero-order chi connectivity index (χ0) is 15.9. The van der Waals surface area contributed by atoms with Crippen molar-refractivity contribution in [2.75, 3.05) is 6.61 Å². The zero-order valence-electron chi connectivity index (χ0n) is 11.5. The van der Waals surface area contributed by atoms with Gasteiger partial charge in [-0.25, -0.2) is 0 Å². The molecule has 1 heterocycles. The molecular formula is C15H14ClNO4S. The molecule has 0 saturated heterocycles. The fraction of sp³-hybridized carbons (Fsp3) is 0.200. The van der Waals surface area contributed by atoms with E-state index in [0.29, 0.717) is 10.8 Å². The number of benzene rings is 1. The highest BCUT2D eigenvalue weighted by atomic mass is 35.5. The Labute approximate surface area is 136 Å². The van der Waals surface area contributed by atoms with E-state index in [1.807, 2.05) is 11.4 Å². The zero-order valence-corrected chi connectivity index (χ0v) is 13.1. The van der Waals surface area contributed by atoms with Gasteiger partial charge in [0.1, 0.15) is 5.75 Å². The Balaban J connectivity index is 1.90. The van der Waals surface area contributed by atoms with Crippen molar-refractivity contribution >= 4 is 34.8 Å². The number of amides is 1. The lowest BCUT2D eigenvalue weighted by Gasteiger charge is -2.15. The predicted molar refractivity (Wildman–Crippen MR) is 84.4 cm³/mol.